The molecular weight excluding hydrogens is 633 g/mol. The molecule has 10 aromatic rings. The molecule has 0 bridgehead atoms. The maximum Gasteiger partial charge on any atom is 0.163 e. The number of para-hydroxylation sites is 2. The van der Waals surface area contributed by atoms with Gasteiger partial charge in [-0.1, -0.05) is 115 Å². The Morgan fingerprint density at radius 3 is 1.92 bits per heavy atom. The maximum atomic E-state index is 6.44. The van der Waals surface area contributed by atoms with Crippen LogP contribution in [-0.2, 0) is 0 Å². The van der Waals surface area contributed by atoms with Crippen LogP contribution in [0.5, 0.6) is 0 Å². The summed E-state index contributed by atoms with van der Waals surface area (Å²) in [6.45, 7) is 0. The van der Waals surface area contributed by atoms with Crippen LogP contribution in [0.1, 0.15) is 22.2 Å². The molecule has 4 aromatic heterocycles. The number of hydrogen-bond acceptors (Lipinski definition) is 5. The molecule has 1 aliphatic carbocycles. The smallest absolute Gasteiger partial charge is 0.163 e. The lowest BCUT2D eigenvalue weighted by molar-refractivity contribution is 0.669. The summed E-state index contributed by atoms with van der Waals surface area (Å²) in [5.74, 6) is 1.91. The molecule has 0 saturated carbocycles. The molecule has 50 heavy (non-hydrogen) atoms. The zero-order chi connectivity index (χ0) is 32.8. The SMILES string of the molecule is C1=C(n2c3ccccc3c3cc4c(cc32)oc2ccccc24)c2c(sc3ccccc23)C1c1nc(-c2ccccc2)nc(-c2ccccc2)n1. The lowest BCUT2D eigenvalue weighted by atomic mass is 10.1. The topological polar surface area (TPSA) is 56.7 Å². The molecule has 0 radical (unpaired) electrons. The number of furan rings is 1. The molecule has 1 atom stereocenters. The normalized spacial score (nSPS) is 14.3. The molecule has 1 aliphatic rings. The molecule has 5 nitrogen and oxygen atoms in total. The third-order valence-electron chi connectivity index (χ3n) is 9.89. The first-order valence-corrected chi connectivity index (χ1v) is 17.6. The standard InChI is InChI=1S/C44H26N4OS/c1-3-13-26(14-4-1)42-45-43(27-15-5-2-6-16-27)47-44(46-42)33-24-36(40-30-19-9-12-22-39(30)50-41(33)40)48-34-20-10-7-17-28(34)31-23-32-29-18-8-11-21-37(29)49-38(32)25-35(31)48/h1-25,33H. The second-order valence-electron chi connectivity index (χ2n) is 12.8. The minimum absolute atomic E-state index is 0.170. The minimum Gasteiger partial charge on any atom is -0.456 e. The van der Waals surface area contributed by atoms with Crippen molar-refractivity contribution in [3.63, 3.8) is 0 Å². The number of nitrogens with zero attached hydrogens (tertiary/aromatic N) is 4. The van der Waals surface area contributed by atoms with Gasteiger partial charge in [-0.15, -0.1) is 11.3 Å². The molecule has 0 saturated heterocycles. The summed E-state index contributed by atoms with van der Waals surface area (Å²) in [4.78, 5) is 16.6. The second kappa shape index (κ2) is 10.6. The summed E-state index contributed by atoms with van der Waals surface area (Å²) in [6.07, 6.45) is 2.36. The van der Waals surface area contributed by atoms with Gasteiger partial charge in [0, 0.05) is 59.3 Å². The molecular formula is C44H26N4OS. The lowest BCUT2D eigenvalue weighted by Gasteiger charge is -2.11. The van der Waals surface area contributed by atoms with Gasteiger partial charge in [0.05, 0.1) is 22.6 Å². The van der Waals surface area contributed by atoms with Crippen LogP contribution in [0, 0.1) is 0 Å². The first-order valence-electron chi connectivity index (χ1n) is 16.7. The van der Waals surface area contributed by atoms with Crippen LogP contribution in [0.3, 0.4) is 0 Å². The van der Waals surface area contributed by atoms with Gasteiger partial charge < -0.3 is 8.98 Å². The van der Waals surface area contributed by atoms with Crippen molar-refractivity contribution >= 4 is 70.9 Å². The van der Waals surface area contributed by atoms with E-state index in [0.29, 0.717) is 11.6 Å². The van der Waals surface area contributed by atoms with Crippen molar-refractivity contribution < 1.29 is 4.42 Å². The van der Waals surface area contributed by atoms with E-state index in [9.17, 15) is 0 Å². The Kier molecular flexibility index (Phi) is 5.82. The van der Waals surface area contributed by atoms with Crippen LogP contribution in [0.25, 0.3) is 82.3 Å². The average Bonchev–Trinajstić information content (AvgIpc) is 3.93. The number of thiophene rings is 1. The predicted molar refractivity (Wildman–Crippen MR) is 204 cm³/mol. The Morgan fingerprint density at radius 2 is 1.16 bits per heavy atom. The zero-order valence-electron chi connectivity index (χ0n) is 26.6. The van der Waals surface area contributed by atoms with Gasteiger partial charge >= 0.3 is 0 Å². The number of aromatic nitrogens is 4. The third-order valence-corrected chi connectivity index (χ3v) is 11.1. The molecule has 234 valence electrons. The fourth-order valence-corrected chi connectivity index (χ4v) is 8.93. The van der Waals surface area contributed by atoms with Gasteiger partial charge in [0.1, 0.15) is 17.0 Å². The second-order valence-corrected chi connectivity index (χ2v) is 13.8. The summed E-state index contributed by atoms with van der Waals surface area (Å²) in [5, 5.41) is 5.90. The number of allylic oxidation sites excluding steroid dienone is 1. The number of rotatable bonds is 4. The summed E-state index contributed by atoms with van der Waals surface area (Å²) in [6, 6.07) is 50.6. The van der Waals surface area contributed by atoms with E-state index in [1.165, 1.54) is 31.3 Å². The van der Waals surface area contributed by atoms with E-state index >= 15 is 0 Å². The van der Waals surface area contributed by atoms with Crippen LogP contribution in [0.15, 0.2) is 156 Å². The summed E-state index contributed by atoms with van der Waals surface area (Å²) in [7, 11) is 0. The molecule has 0 fully saturated rings. The molecule has 6 heteroatoms. The highest BCUT2D eigenvalue weighted by atomic mass is 32.1. The zero-order valence-corrected chi connectivity index (χ0v) is 27.4. The number of hydrogen-bond donors (Lipinski definition) is 0. The fraction of sp³-hybridized carbons (Fsp3) is 0.0227. The van der Waals surface area contributed by atoms with E-state index in [-0.39, 0.29) is 5.92 Å². The maximum absolute atomic E-state index is 6.44. The Labute approximate surface area is 290 Å². The van der Waals surface area contributed by atoms with Gasteiger partial charge in [0.15, 0.2) is 11.6 Å². The Morgan fingerprint density at radius 1 is 0.520 bits per heavy atom. The van der Waals surface area contributed by atoms with Gasteiger partial charge in [-0.05, 0) is 30.3 Å². The van der Waals surface area contributed by atoms with Crippen LogP contribution in [0.2, 0.25) is 0 Å². The lowest BCUT2D eigenvalue weighted by Crippen LogP contribution is -2.06. The van der Waals surface area contributed by atoms with Crippen molar-refractivity contribution in [2.24, 2.45) is 0 Å². The molecule has 0 aliphatic heterocycles. The van der Waals surface area contributed by atoms with Crippen LogP contribution < -0.4 is 0 Å². The van der Waals surface area contributed by atoms with Crippen LogP contribution in [-0.4, -0.2) is 19.5 Å². The van der Waals surface area contributed by atoms with E-state index in [0.717, 1.165) is 55.6 Å². The molecule has 6 aromatic carbocycles. The van der Waals surface area contributed by atoms with E-state index in [4.69, 9.17) is 19.4 Å². The molecule has 0 N–H and O–H groups in total. The largest absolute Gasteiger partial charge is 0.456 e. The summed E-state index contributed by atoms with van der Waals surface area (Å²) in [5.41, 5.74) is 8.32. The average molecular weight is 659 g/mol. The van der Waals surface area contributed by atoms with Gasteiger partial charge in [0.25, 0.3) is 0 Å². The molecule has 0 amide bonds. The molecule has 0 spiro atoms. The monoisotopic (exact) mass is 658 g/mol. The number of fused-ring (bicyclic) bond motifs is 9. The van der Waals surface area contributed by atoms with Gasteiger partial charge in [-0.25, -0.2) is 15.0 Å². The first-order chi connectivity index (χ1) is 24.8. The highest BCUT2D eigenvalue weighted by Gasteiger charge is 2.34. The van der Waals surface area contributed by atoms with E-state index < -0.39 is 0 Å². The van der Waals surface area contributed by atoms with Crippen molar-refractivity contribution in [2.45, 2.75) is 5.92 Å². The van der Waals surface area contributed by atoms with E-state index in [1.807, 2.05) is 59.9 Å². The Balaban J connectivity index is 1.21. The van der Waals surface area contributed by atoms with Gasteiger partial charge in [0.2, 0.25) is 0 Å². The van der Waals surface area contributed by atoms with Crippen molar-refractivity contribution in [2.75, 3.05) is 0 Å². The quantitative estimate of drug-likeness (QED) is 0.189. The Bertz CT molecular complexity index is 2930. The minimum atomic E-state index is -0.170. The summed E-state index contributed by atoms with van der Waals surface area (Å²) < 4.78 is 10.1. The number of benzene rings is 6. The van der Waals surface area contributed by atoms with Crippen LogP contribution >= 0.6 is 11.3 Å². The van der Waals surface area contributed by atoms with E-state index in [2.05, 4.69) is 108 Å². The molecule has 4 heterocycles. The van der Waals surface area contributed by atoms with Crippen LogP contribution in [0.4, 0.5) is 0 Å². The fourth-order valence-electron chi connectivity index (χ4n) is 7.65. The van der Waals surface area contributed by atoms with Crippen molar-refractivity contribution in [1.29, 1.82) is 0 Å². The molecule has 1 unspecified atom stereocenters. The third kappa shape index (κ3) is 4.03. The van der Waals surface area contributed by atoms with Crippen molar-refractivity contribution in [3.05, 3.63) is 168 Å². The highest BCUT2D eigenvalue weighted by Crippen LogP contribution is 2.51. The highest BCUT2D eigenvalue weighted by molar-refractivity contribution is 7.19. The molecule has 11 rings (SSSR count). The Hall–Kier alpha value is -6.37. The van der Waals surface area contributed by atoms with E-state index in [1.54, 1.807) is 0 Å². The van der Waals surface area contributed by atoms with Gasteiger partial charge in [-0.3, -0.25) is 0 Å². The van der Waals surface area contributed by atoms with Crippen molar-refractivity contribution in [1.82, 2.24) is 19.5 Å². The van der Waals surface area contributed by atoms with Crippen molar-refractivity contribution in [3.8, 4) is 22.8 Å². The summed E-state index contributed by atoms with van der Waals surface area (Å²) >= 11 is 1.83. The predicted octanol–water partition coefficient (Wildman–Crippen LogP) is 11.5. The van der Waals surface area contributed by atoms with Gasteiger partial charge in [-0.2, -0.15) is 0 Å². The first kappa shape index (κ1) is 27.6.